The molecule has 0 atom stereocenters. The topological polar surface area (TPSA) is 97.1 Å². The molecule has 0 aliphatic rings. The van der Waals surface area contributed by atoms with E-state index in [1.807, 2.05) is 13.0 Å². The second kappa shape index (κ2) is 8.01. The fourth-order valence-corrected chi connectivity index (χ4v) is 2.51. The highest BCUT2D eigenvalue weighted by Crippen LogP contribution is 2.20. The van der Waals surface area contributed by atoms with E-state index in [4.69, 9.17) is 16.1 Å². The predicted octanol–water partition coefficient (Wildman–Crippen LogP) is 3.38. The number of nitrogens with one attached hydrogen (secondary N) is 2. The number of hydrogen-bond acceptors (Lipinski definition) is 5. The highest BCUT2D eigenvalue weighted by atomic mass is 35.5. The maximum Gasteiger partial charge on any atom is 0.251 e. The van der Waals surface area contributed by atoms with Crippen LogP contribution in [0.4, 0.5) is 5.69 Å². The van der Waals surface area contributed by atoms with Gasteiger partial charge in [-0.15, -0.1) is 0 Å². The molecule has 7 nitrogen and oxygen atoms in total. The Morgan fingerprint density at radius 1 is 1.11 bits per heavy atom. The Balaban J connectivity index is 1.55. The molecule has 3 rings (SSSR count). The van der Waals surface area contributed by atoms with Crippen LogP contribution in [0.1, 0.15) is 21.8 Å². The van der Waals surface area contributed by atoms with Crippen LogP contribution in [0.15, 0.2) is 47.0 Å². The Bertz CT molecular complexity index is 983. The largest absolute Gasteiger partial charge is 0.343 e. The summed E-state index contributed by atoms with van der Waals surface area (Å²) in [6, 6.07) is 11.9. The molecular weight excluding hydrogens is 368 g/mol. The number of carbonyl (C=O) groups excluding carboxylic acids is 2. The second-order valence-corrected chi connectivity index (χ2v) is 6.32. The smallest absolute Gasteiger partial charge is 0.251 e. The SMILES string of the molecule is Cc1nc(-c2ccc(C(=O)NCC(=O)Nc3ccc(C)c(Cl)c3)cc2)no1. The molecular formula is C19H17ClN4O3. The molecule has 0 bridgehead atoms. The molecule has 27 heavy (non-hydrogen) atoms. The normalized spacial score (nSPS) is 10.5. The van der Waals surface area contributed by atoms with Crippen molar-refractivity contribution in [1.82, 2.24) is 15.5 Å². The van der Waals surface area contributed by atoms with Crippen molar-refractivity contribution in [3.63, 3.8) is 0 Å². The average Bonchev–Trinajstić information content (AvgIpc) is 3.09. The molecule has 1 aromatic heterocycles. The van der Waals surface area contributed by atoms with Gasteiger partial charge in [0.15, 0.2) is 0 Å². The van der Waals surface area contributed by atoms with Crippen LogP contribution < -0.4 is 10.6 Å². The summed E-state index contributed by atoms with van der Waals surface area (Å²) in [4.78, 5) is 28.3. The van der Waals surface area contributed by atoms with Gasteiger partial charge < -0.3 is 15.2 Å². The molecule has 2 aromatic carbocycles. The van der Waals surface area contributed by atoms with Crippen molar-refractivity contribution in [2.45, 2.75) is 13.8 Å². The van der Waals surface area contributed by atoms with Crippen LogP contribution in [0.3, 0.4) is 0 Å². The van der Waals surface area contributed by atoms with Crippen LogP contribution in [-0.2, 0) is 4.79 Å². The van der Waals surface area contributed by atoms with Gasteiger partial charge in [0.2, 0.25) is 17.6 Å². The molecule has 0 fully saturated rings. The van der Waals surface area contributed by atoms with Gasteiger partial charge in [-0.2, -0.15) is 4.98 Å². The van der Waals surface area contributed by atoms with Crippen molar-refractivity contribution in [2.75, 3.05) is 11.9 Å². The number of carbonyl (C=O) groups is 2. The molecule has 0 aliphatic heterocycles. The summed E-state index contributed by atoms with van der Waals surface area (Å²) in [5.74, 6) is 0.216. The number of aromatic nitrogens is 2. The third-order valence-corrected chi connectivity index (χ3v) is 4.21. The maximum absolute atomic E-state index is 12.2. The molecule has 2 N–H and O–H groups in total. The van der Waals surface area contributed by atoms with Crippen molar-refractivity contribution in [2.24, 2.45) is 0 Å². The van der Waals surface area contributed by atoms with E-state index in [1.54, 1.807) is 43.3 Å². The minimum absolute atomic E-state index is 0.157. The molecule has 3 aromatic rings. The Morgan fingerprint density at radius 3 is 2.48 bits per heavy atom. The van der Waals surface area contributed by atoms with Crippen molar-refractivity contribution in [1.29, 1.82) is 0 Å². The monoisotopic (exact) mass is 384 g/mol. The van der Waals surface area contributed by atoms with Gasteiger partial charge in [-0.05, 0) is 36.8 Å². The van der Waals surface area contributed by atoms with Crippen molar-refractivity contribution < 1.29 is 14.1 Å². The Morgan fingerprint density at radius 2 is 1.85 bits per heavy atom. The molecule has 8 heteroatoms. The van der Waals surface area contributed by atoms with E-state index in [1.165, 1.54) is 0 Å². The van der Waals surface area contributed by atoms with Gasteiger partial charge in [0.25, 0.3) is 5.91 Å². The lowest BCUT2D eigenvalue weighted by atomic mass is 10.1. The fourth-order valence-electron chi connectivity index (χ4n) is 2.33. The molecule has 0 spiro atoms. The number of amides is 2. The average molecular weight is 385 g/mol. The predicted molar refractivity (Wildman–Crippen MR) is 102 cm³/mol. The highest BCUT2D eigenvalue weighted by Gasteiger charge is 2.11. The van der Waals surface area contributed by atoms with Crippen LogP contribution >= 0.6 is 11.6 Å². The third kappa shape index (κ3) is 4.71. The summed E-state index contributed by atoms with van der Waals surface area (Å²) in [7, 11) is 0. The molecule has 0 aliphatic carbocycles. The van der Waals surface area contributed by atoms with Gasteiger partial charge in [0.05, 0.1) is 6.54 Å². The molecule has 0 radical (unpaired) electrons. The zero-order chi connectivity index (χ0) is 19.4. The lowest BCUT2D eigenvalue weighted by Gasteiger charge is -2.08. The van der Waals surface area contributed by atoms with E-state index < -0.39 is 0 Å². The summed E-state index contributed by atoms with van der Waals surface area (Å²) >= 11 is 6.03. The van der Waals surface area contributed by atoms with Crippen LogP contribution in [-0.4, -0.2) is 28.5 Å². The quantitative estimate of drug-likeness (QED) is 0.702. The minimum atomic E-state index is -0.358. The molecule has 138 valence electrons. The summed E-state index contributed by atoms with van der Waals surface area (Å²) in [6.07, 6.45) is 0. The third-order valence-electron chi connectivity index (χ3n) is 3.80. The number of nitrogens with zero attached hydrogens (tertiary/aromatic N) is 2. The van der Waals surface area contributed by atoms with E-state index in [0.717, 1.165) is 11.1 Å². The molecule has 2 amide bonds. The number of halogens is 1. The van der Waals surface area contributed by atoms with Crippen molar-refractivity contribution in [3.8, 4) is 11.4 Å². The number of benzene rings is 2. The molecule has 0 saturated heterocycles. The van der Waals surface area contributed by atoms with Gasteiger partial charge in [-0.3, -0.25) is 9.59 Å². The first-order valence-corrected chi connectivity index (χ1v) is 8.55. The first-order chi connectivity index (χ1) is 12.9. The Hall–Kier alpha value is -3.19. The van der Waals surface area contributed by atoms with Gasteiger partial charge >= 0.3 is 0 Å². The summed E-state index contributed by atoms with van der Waals surface area (Å²) < 4.78 is 4.93. The zero-order valence-electron chi connectivity index (χ0n) is 14.7. The Labute approximate surface area is 160 Å². The van der Waals surface area contributed by atoms with E-state index in [9.17, 15) is 9.59 Å². The molecule has 1 heterocycles. The fraction of sp³-hybridized carbons (Fsp3) is 0.158. The zero-order valence-corrected chi connectivity index (χ0v) is 15.5. The van der Waals surface area contributed by atoms with Crippen LogP contribution in [0.2, 0.25) is 5.02 Å². The minimum Gasteiger partial charge on any atom is -0.343 e. The lowest BCUT2D eigenvalue weighted by Crippen LogP contribution is -2.32. The van der Waals surface area contributed by atoms with E-state index in [0.29, 0.717) is 28.0 Å². The first-order valence-electron chi connectivity index (χ1n) is 8.17. The van der Waals surface area contributed by atoms with E-state index >= 15 is 0 Å². The Kier molecular flexibility index (Phi) is 5.52. The standard InChI is InChI=1S/C19H17ClN4O3/c1-11-3-8-15(9-16(11)20)23-17(25)10-21-19(26)14-6-4-13(5-7-14)18-22-12(2)27-24-18/h3-9H,10H2,1-2H3,(H,21,26)(H,23,25). The van der Waals surface area contributed by atoms with Crippen LogP contribution in [0.5, 0.6) is 0 Å². The van der Waals surface area contributed by atoms with Crippen molar-refractivity contribution >= 4 is 29.1 Å². The van der Waals surface area contributed by atoms with E-state index in [2.05, 4.69) is 20.8 Å². The molecule has 0 saturated carbocycles. The summed E-state index contributed by atoms with van der Waals surface area (Å²) in [6.45, 7) is 3.42. The van der Waals surface area contributed by atoms with Gasteiger partial charge in [-0.25, -0.2) is 0 Å². The van der Waals surface area contributed by atoms with Gasteiger partial charge in [-0.1, -0.05) is 35.0 Å². The van der Waals surface area contributed by atoms with Crippen LogP contribution in [0.25, 0.3) is 11.4 Å². The van der Waals surface area contributed by atoms with Gasteiger partial charge in [0, 0.05) is 28.8 Å². The van der Waals surface area contributed by atoms with E-state index in [-0.39, 0.29) is 18.4 Å². The van der Waals surface area contributed by atoms with Crippen LogP contribution in [0, 0.1) is 13.8 Å². The summed E-state index contributed by atoms with van der Waals surface area (Å²) in [5, 5.41) is 9.65. The number of hydrogen-bond donors (Lipinski definition) is 2. The molecule has 0 unspecified atom stereocenters. The first kappa shape index (κ1) is 18.6. The van der Waals surface area contributed by atoms with Gasteiger partial charge in [0.1, 0.15) is 0 Å². The number of anilines is 1. The number of rotatable bonds is 5. The second-order valence-electron chi connectivity index (χ2n) is 5.91. The lowest BCUT2D eigenvalue weighted by molar-refractivity contribution is -0.115. The highest BCUT2D eigenvalue weighted by molar-refractivity contribution is 6.31. The van der Waals surface area contributed by atoms with Crippen molar-refractivity contribution in [3.05, 3.63) is 64.5 Å². The summed E-state index contributed by atoms with van der Waals surface area (Å²) in [5.41, 5.74) is 2.65. The number of aryl methyl sites for hydroxylation is 2. The maximum atomic E-state index is 12.2.